The van der Waals surface area contributed by atoms with Gasteiger partial charge in [0.05, 0.1) is 13.7 Å². The fourth-order valence-electron chi connectivity index (χ4n) is 2.12. The second-order valence-electron chi connectivity index (χ2n) is 5.00. The monoisotopic (exact) mass is 278 g/mol. The number of nitrogens with one attached hydrogen (secondary N) is 1. The quantitative estimate of drug-likeness (QED) is 0.818. The van der Waals surface area contributed by atoms with E-state index in [1.807, 2.05) is 17.0 Å². The summed E-state index contributed by atoms with van der Waals surface area (Å²) in [5, 5.41) is 3.16. The van der Waals surface area contributed by atoms with Crippen LogP contribution in [0.1, 0.15) is 5.56 Å². The van der Waals surface area contributed by atoms with Crippen molar-refractivity contribution in [2.24, 2.45) is 0 Å². The maximum Gasteiger partial charge on any atom is 0.236 e. The zero-order valence-corrected chi connectivity index (χ0v) is 12.1. The molecule has 1 aliphatic rings. The first-order valence-corrected chi connectivity index (χ1v) is 6.85. The molecule has 2 heterocycles. The van der Waals surface area contributed by atoms with Crippen LogP contribution in [0, 0.1) is 0 Å². The van der Waals surface area contributed by atoms with Crippen molar-refractivity contribution in [1.29, 1.82) is 0 Å². The van der Waals surface area contributed by atoms with Crippen LogP contribution in [0.3, 0.4) is 0 Å². The fraction of sp³-hybridized carbons (Fsp3) is 0.571. The minimum absolute atomic E-state index is 0.166. The van der Waals surface area contributed by atoms with E-state index in [2.05, 4.69) is 22.2 Å². The number of rotatable bonds is 5. The number of aromatic nitrogens is 1. The van der Waals surface area contributed by atoms with Crippen molar-refractivity contribution >= 4 is 5.91 Å². The summed E-state index contributed by atoms with van der Waals surface area (Å²) in [6, 6.07) is 3.76. The van der Waals surface area contributed by atoms with Gasteiger partial charge in [-0.1, -0.05) is 6.07 Å². The van der Waals surface area contributed by atoms with Gasteiger partial charge in [0.1, 0.15) is 0 Å². The van der Waals surface area contributed by atoms with E-state index in [1.165, 1.54) is 0 Å². The van der Waals surface area contributed by atoms with Gasteiger partial charge in [-0.15, -0.1) is 0 Å². The summed E-state index contributed by atoms with van der Waals surface area (Å²) in [4.78, 5) is 20.3. The third-order valence-electron chi connectivity index (χ3n) is 3.47. The number of hydrogen-bond acceptors (Lipinski definition) is 5. The zero-order valence-electron chi connectivity index (χ0n) is 12.1. The van der Waals surface area contributed by atoms with Crippen molar-refractivity contribution in [3.8, 4) is 5.88 Å². The summed E-state index contributed by atoms with van der Waals surface area (Å²) in [5.74, 6) is 0.766. The normalized spacial score (nSPS) is 16.2. The lowest BCUT2D eigenvalue weighted by atomic mass is 10.3. The molecule has 110 valence electrons. The Balaban J connectivity index is 1.70. The van der Waals surface area contributed by atoms with Crippen LogP contribution in [0.2, 0.25) is 0 Å². The Kier molecular flexibility index (Phi) is 5.31. The van der Waals surface area contributed by atoms with Crippen LogP contribution in [0.5, 0.6) is 5.88 Å². The Morgan fingerprint density at radius 2 is 2.10 bits per heavy atom. The molecule has 1 saturated heterocycles. The molecule has 0 atom stereocenters. The summed E-state index contributed by atoms with van der Waals surface area (Å²) in [6.07, 6.45) is 1.76. The standard InChI is InChI=1S/C14H22N4O2/c1-17-5-7-18(8-6-17)14(19)11-15-9-12-3-4-13(20-2)16-10-12/h3-4,10,15H,5-9,11H2,1-2H3. The summed E-state index contributed by atoms with van der Waals surface area (Å²) < 4.78 is 5.00. The van der Waals surface area contributed by atoms with Crippen LogP contribution in [-0.4, -0.2) is 67.6 Å². The highest BCUT2D eigenvalue weighted by Crippen LogP contribution is 2.06. The van der Waals surface area contributed by atoms with E-state index in [4.69, 9.17) is 4.74 Å². The number of likely N-dealkylation sites (N-methyl/N-ethyl adjacent to an activating group) is 1. The molecule has 6 nitrogen and oxygen atoms in total. The Bertz CT molecular complexity index is 427. The molecule has 0 spiro atoms. The van der Waals surface area contributed by atoms with Crippen molar-refractivity contribution in [3.63, 3.8) is 0 Å². The third-order valence-corrected chi connectivity index (χ3v) is 3.47. The number of hydrogen-bond donors (Lipinski definition) is 1. The number of ether oxygens (including phenoxy) is 1. The van der Waals surface area contributed by atoms with E-state index in [0.717, 1.165) is 31.7 Å². The Morgan fingerprint density at radius 1 is 1.35 bits per heavy atom. The SMILES string of the molecule is COc1ccc(CNCC(=O)N2CCN(C)CC2)cn1. The maximum absolute atomic E-state index is 12.0. The summed E-state index contributed by atoms with van der Waals surface area (Å²) in [6.45, 7) is 4.55. The molecule has 0 bridgehead atoms. The molecule has 1 aromatic rings. The number of nitrogens with zero attached hydrogens (tertiary/aromatic N) is 3. The lowest BCUT2D eigenvalue weighted by Crippen LogP contribution is -2.49. The van der Waals surface area contributed by atoms with Gasteiger partial charge in [-0.05, 0) is 12.6 Å². The van der Waals surface area contributed by atoms with Crippen molar-refractivity contribution in [2.45, 2.75) is 6.54 Å². The second kappa shape index (κ2) is 7.21. The van der Waals surface area contributed by atoms with Gasteiger partial charge in [0.25, 0.3) is 0 Å². The minimum atomic E-state index is 0.166. The Hall–Kier alpha value is -1.66. The van der Waals surface area contributed by atoms with Crippen molar-refractivity contribution in [2.75, 3.05) is 46.9 Å². The number of carbonyl (C=O) groups is 1. The topological polar surface area (TPSA) is 57.7 Å². The van der Waals surface area contributed by atoms with Gasteiger partial charge in [0, 0.05) is 45.0 Å². The molecular formula is C14H22N4O2. The van der Waals surface area contributed by atoms with Crippen LogP contribution in [-0.2, 0) is 11.3 Å². The second-order valence-corrected chi connectivity index (χ2v) is 5.00. The zero-order chi connectivity index (χ0) is 14.4. The van der Waals surface area contributed by atoms with Gasteiger partial charge >= 0.3 is 0 Å². The number of carbonyl (C=O) groups excluding carboxylic acids is 1. The van der Waals surface area contributed by atoms with Gasteiger partial charge < -0.3 is 19.9 Å². The molecule has 20 heavy (non-hydrogen) atoms. The molecule has 1 N–H and O–H groups in total. The number of piperazine rings is 1. The first-order valence-electron chi connectivity index (χ1n) is 6.85. The molecule has 6 heteroatoms. The molecular weight excluding hydrogens is 256 g/mol. The number of pyridine rings is 1. The van der Waals surface area contributed by atoms with Gasteiger partial charge in [-0.2, -0.15) is 0 Å². The van der Waals surface area contributed by atoms with E-state index in [1.54, 1.807) is 13.3 Å². The van der Waals surface area contributed by atoms with E-state index in [9.17, 15) is 4.79 Å². The molecule has 0 aliphatic carbocycles. The van der Waals surface area contributed by atoms with E-state index >= 15 is 0 Å². The molecule has 1 amide bonds. The maximum atomic E-state index is 12.0. The Morgan fingerprint density at radius 3 is 2.70 bits per heavy atom. The first-order chi connectivity index (χ1) is 9.69. The van der Waals surface area contributed by atoms with E-state index in [-0.39, 0.29) is 5.91 Å². The molecule has 0 unspecified atom stereocenters. The number of methoxy groups -OCH3 is 1. The lowest BCUT2D eigenvalue weighted by Gasteiger charge is -2.32. The van der Waals surface area contributed by atoms with Crippen molar-refractivity contribution in [3.05, 3.63) is 23.9 Å². The summed E-state index contributed by atoms with van der Waals surface area (Å²) >= 11 is 0. The molecule has 0 aromatic carbocycles. The summed E-state index contributed by atoms with van der Waals surface area (Å²) in [5.41, 5.74) is 1.04. The predicted molar refractivity (Wildman–Crippen MR) is 76.6 cm³/mol. The van der Waals surface area contributed by atoms with Gasteiger partial charge in [-0.25, -0.2) is 4.98 Å². The highest BCUT2D eigenvalue weighted by Gasteiger charge is 2.18. The van der Waals surface area contributed by atoms with Crippen LogP contribution in [0.4, 0.5) is 0 Å². The largest absolute Gasteiger partial charge is 0.481 e. The summed E-state index contributed by atoms with van der Waals surface area (Å²) in [7, 11) is 3.67. The fourth-order valence-corrected chi connectivity index (χ4v) is 2.12. The Labute approximate surface area is 119 Å². The molecule has 0 saturated carbocycles. The lowest BCUT2D eigenvalue weighted by molar-refractivity contribution is -0.131. The van der Waals surface area contributed by atoms with Crippen LogP contribution < -0.4 is 10.1 Å². The molecule has 1 fully saturated rings. The molecule has 2 rings (SSSR count). The van der Waals surface area contributed by atoms with Crippen LogP contribution >= 0.6 is 0 Å². The average molecular weight is 278 g/mol. The minimum Gasteiger partial charge on any atom is -0.481 e. The van der Waals surface area contributed by atoms with E-state index < -0.39 is 0 Å². The van der Waals surface area contributed by atoms with Gasteiger partial charge in [-0.3, -0.25) is 4.79 Å². The highest BCUT2D eigenvalue weighted by atomic mass is 16.5. The predicted octanol–water partition coefficient (Wildman–Crippen LogP) is -0.0462. The van der Waals surface area contributed by atoms with Crippen LogP contribution in [0.25, 0.3) is 0 Å². The van der Waals surface area contributed by atoms with Gasteiger partial charge in [0.2, 0.25) is 11.8 Å². The molecule has 1 aromatic heterocycles. The van der Waals surface area contributed by atoms with Crippen LogP contribution in [0.15, 0.2) is 18.3 Å². The highest BCUT2D eigenvalue weighted by molar-refractivity contribution is 5.78. The molecule has 0 radical (unpaired) electrons. The van der Waals surface area contributed by atoms with Crippen molar-refractivity contribution < 1.29 is 9.53 Å². The van der Waals surface area contributed by atoms with E-state index in [0.29, 0.717) is 19.0 Å². The smallest absolute Gasteiger partial charge is 0.236 e. The molecule has 1 aliphatic heterocycles. The average Bonchev–Trinajstić information content (AvgIpc) is 2.48. The third kappa shape index (κ3) is 4.18. The van der Waals surface area contributed by atoms with Gasteiger partial charge in [0.15, 0.2) is 0 Å². The van der Waals surface area contributed by atoms with Crippen molar-refractivity contribution in [1.82, 2.24) is 20.1 Å². The first kappa shape index (κ1) is 14.7. The number of amides is 1.